The van der Waals surface area contributed by atoms with E-state index in [1.807, 2.05) is 13.0 Å². The van der Waals surface area contributed by atoms with Crippen LogP contribution in [-0.2, 0) is 0 Å². The van der Waals surface area contributed by atoms with E-state index in [-0.39, 0.29) is 16.7 Å². The van der Waals surface area contributed by atoms with Crippen molar-refractivity contribution < 1.29 is 4.79 Å². The van der Waals surface area contributed by atoms with Crippen LogP contribution in [0.3, 0.4) is 0 Å². The molecule has 2 N–H and O–H groups in total. The van der Waals surface area contributed by atoms with Crippen LogP contribution in [0.1, 0.15) is 45.1 Å². The highest BCUT2D eigenvalue weighted by Crippen LogP contribution is 2.63. The number of amides is 1. The van der Waals surface area contributed by atoms with Crippen molar-refractivity contribution >= 4 is 11.7 Å². The number of hydrogen-bond donors (Lipinski definition) is 2. The fraction of sp³-hybridized carbons (Fsp3) is 0.643. The number of anilines is 1. The molecule has 0 unspecified atom stereocenters. The van der Waals surface area contributed by atoms with Gasteiger partial charge in [0.15, 0.2) is 5.69 Å². The Hall–Kier alpha value is -1.65. The van der Waals surface area contributed by atoms with Gasteiger partial charge in [0.2, 0.25) is 0 Å². The van der Waals surface area contributed by atoms with E-state index in [2.05, 4.69) is 48.5 Å². The van der Waals surface area contributed by atoms with Crippen molar-refractivity contribution in [2.45, 2.75) is 40.7 Å². The van der Waals surface area contributed by atoms with Gasteiger partial charge in [0.05, 0.1) is 0 Å². The first-order valence-corrected chi connectivity index (χ1v) is 6.69. The summed E-state index contributed by atoms with van der Waals surface area (Å²) in [7, 11) is 0. The van der Waals surface area contributed by atoms with Gasteiger partial charge in [-0.1, -0.05) is 27.7 Å². The maximum atomic E-state index is 11.6. The zero-order valence-corrected chi connectivity index (χ0v) is 12.2. The maximum Gasteiger partial charge on any atom is 0.271 e. The molecule has 0 radical (unpaired) electrons. The first-order chi connectivity index (χ1) is 8.80. The summed E-state index contributed by atoms with van der Waals surface area (Å²) in [6, 6.07) is 3.88. The van der Waals surface area contributed by atoms with E-state index in [9.17, 15) is 4.79 Å². The lowest BCUT2D eigenvalue weighted by Crippen LogP contribution is -2.24. The third kappa shape index (κ3) is 2.29. The second-order valence-corrected chi connectivity index (χ2v) is 6.18. The summed E-state index contributed by atoms with van der Waals surface area (Å²) in [6.07, 6.45) is 0. The van der Waals surface area contributed by atoms with Gasteiger partial charge >= 0.3 is 0 Å². The Kier molecular flexibility index (Phi) is 3.24. The molecule has 1 fully saturated rings. The van der Waals surface area contributed by atoms with E-state index in [1.54, 1.807) is 6.07 Å². The van der Waals surface area contributed by atoms with Gasteiger partial charge < -0.3 is 10.6 Å². The van der Waals surface area contributed by atoms with Gasteiger partial charge in [0, 0.05) is 12.6 Å². The highest BCUT2D eigenvalue weighted by Gasteiger charge is 2.65. The molecule has 5 heteroatoms. The van der Waals surface area contributed by atoms with Crippen molar-refractivity contribution in [3.8, 4) is 0 Å². The van der Waals surface area contributed by atoms with E-state index < -0.39 is 0 Å². The average molecular weight is 262 g/mol. The maximum absolute atomic E-state index is 11.6. The lowest BCUT2D eigenvalue weighted by Gasteiger charge is -2.07. The molecular formula is C14H22N4O. The van der Waals surface area contributed by atoms with Gasteiger partial charge in [-0.3, -0.25) is 4.79 Å². The Morgan fingerprint density at radius 3 is 2.26 bits per heavy atom. The van der Waals surface area contributed by atoms with Gasteiger partial charge in [0.25, 0.3) is 5.91 Å². The summed E-state index contributed by atoms with van der Waals surface area (Å²) in [4.78, 5) is 11.6. The average Bonchev–Trinajstić information content (AvgIpc) is 2.73. The lowest BCUT2D eigenvalue weighted by molar-refractivity contribution is 0.0950. The smallest absolute Gasteiger partial charge is 0.271 e. The third-order valence-electron chi connectivity index (χ3n) is 4.55. The van der Waals surface area contributed by atoms with Gasteiger partial charge in [0.1, 0.15) is 5.82 Å². The SMILES string of the molecule is CCNC(=O)c1ccc(NC2C(C)(C)C2(C)C)nn1. The molecule has 0 spiro atoms. The highest BCUT2D eigenvalue weighted by molar-refractivity contribution is 5.92. The van der Waals surface area contributed by atoms with E-state index >= 15 is 0 Å². The van der Waals surface area contributed by atoms with Crippen LogP contribution in [0.25, 0.3) is 0 Å². The molecule has 0 aromatic carbocycles. The summed E-state index contributed by atoms with van der Waals surface area (Å²) in [5, 5.41) is 14.1. The molecule has 1 aliphatic carbocycles. The van der Waals surface area contributed by atoms with Crippen LogP contribution >= 0.6 is 0 Å². The van der Waals surface area contributed by atoms with Crippen LogP contribution in [-0.4, -0.2) is 28.7 Å². The molecule has 1 heterocycles. The molecule has 1 aromatic rings. The lowest BCUT2D eigenvalue weighted by atomic mass is 10.0. The summed E-state index contributed by atoms with van der Waals surface area (Å²) in [5.74, 6) is 0.533. The van der Waals surface area contributed by atoms with Crippen molar-refractivity contribution in [3.05, 3.63) is 17.8 Å². The van der Waals surface area contributed by atoms with Crippen LogP contribution in [0.2, 0.25) is 0 Å². The van der Waals surface area contributed by atoms with Gasteiger partial charge in [-0.15, -0.1) is 10.2 Å². The van der Waals surface area contributed by atoms with Crippen LogP contribution in [0, 0.1) is 10.8 Å². The number of carbonyl (C=O) groups excluding carboxylic acids is 1. The Morgan fingerprint density at radius 2 is 1.84 bits per heavy atom. The predicted octanol–water partition coefficient (Wildman–Crippen LogP) is 2.07. The largest absolute Gasteiger partial charge is 0.365 e. The summed E-state index contributed by atoms with van der Waals surface area (Å²) < 4.78 is 0. The van der Waals surface area contributed by atoms with E-state index in [0.717, 1.165) is 5.82 Å². The van der Waals surface area contributed by atoms with Crippen LogP contribution in [0.4, 0.5) is 5.82 Å². The van der Waals surface area contributed by atoms with Gasteiger partial charge in [-0.2, -0.15) is 0 Å². The monoisotopic (exact) mass is 262 g/mol. The number of rotatable bonds is 4. The Bertz CT molecular complexity index is 465. The zero-order chi connectivity index (χ0) is 14.3. The molecule has 19 heavy (non-hydrogen) atoms. The summed E-state index contributed by atoms with van der Waals surface area (Å²) in [5.41, 5.74) is 0.835. The minimum atomic E-state index is -0.186. The molecule has 0 aliphatic heterocycles. The normalized spacial score (nSPS) is 19.8. The molecule has 0 bridgehead atoms. The fourth-order valence-electron chi connectivity index (χ4n) is 2.49. The topological polar surface area (TPSA) is 66.9 Å². The van der Waals surface area contributed by atoms with Crippen LogP contribution < -0.4 is 10.6 Å². The molecule has 1 saturated carbocycles. The number of nitrogens with zero attached hydrogens (tertiary/aromatic N) is 2. The first kappa shape index (κ1) is 13.8. The van der Waals surface area contributed by atoms with Crippen LogP contribution in [0.15, 0.2) is 12.1 Å². The predicted molar refractivity (Wildman–Crippen MR) is 75.0 cm³/mol. The molecular weight excluding hydrogens is 240 g/mol. The Morgan fingerprint density at radius 1 is 1.21 bits per heavy atom. The van der Waals surface area contributed by atoms with Crippen LogP contribution in [0.5, 0.6) is 0 Å². The second kappa shape index (κ2) is 4.47. The molecule has 0 saturated heterocycles. The highest BCUT2D eigenvalue weighted by atomic mass is 16.1. The quantitative estimate of drug-likeness (QED) is 0.871. The van der Waals surface area contributed by atoms with Crippen molar-refractivity contribution in [2.24, 2.45) is 10.8 Å². The number of aromatic nitrogens is 2. The van der Waals surface area contributed by atoms with Crippen molar-refractivity contribution in [1.82, 2.24) is 15.5 Å². The van der Waals surface area contributed by atoms with E-state index in [4.69, 9.17) is 0 Å². The van der Waals surface area contributed by atoms with Crippen molar-refractivity contribution in [1.29, 1.82) is 0 Å². The molecule has 104 valence electrons. The van der Waals surface area contributed by atoms with E-state index in [0.29, 0.717) is 18.3 Å². The molecule has 1 amide bonds. The summed E-state index contributed by atoms with van der Waals surface area (Å²) >= 11 is 0. The van der Waals surface area contributed by atoms with E-state index in [1.165, 1.54) is 0 Å². The molecule has 1 aromatic heterocycles. The molecule has 1 aliphatic rings. The Balaban J connectivity index is 2.03. The van der Waals surface area contributed by atoms with Gasteiger partial charge in [-0.05, 0) is 29.9 Å². The standard InChI is InChI=1S/C14H22N4O/c1-6-15-11(19)9-7-8-10(18-17-9)16-12-13(2,3)14(12,4)5/h7-8,12H,6H2,1-5H3,(H,15,19)(H,16,18). The minimum absolute atomic E-state index is 0.186. The molecule has 5 nitrogen and oxygen atoms in total. The molecule has 0 atom stereocenters. The number of hydrogen-bond acceptors (Lipinski definition) is 4. The van der Waals surface area contributed by atoms with Crippen molar-refractivity contribution in [3.63, 3.8) is 0 Å². The fourth-order valence-corrected chi connectivity index (χ4v) is 2.49. The first-order valence-electron chi connectivity index (χ1n) is 6.69. The third-order valence-corrected chi connectivity index (χ3v) is 4.55. The van der Waals surface area contributed by atoms with Crippen molar-refractivity contribution in [2.75, 3.05) is 11.9 Å². The summed E-state index contributed by atoms with van der Waals surface area (Å²) in [6.45, 7) is 11.4. The Labute approximate surface area is 114 Å². The zero-order valence-electron chi connectivity index (χ0n) is 12.2. The minimum Gasteiger partial charge on any atom is -0.365 e. The van der Waals surface area contributed by atoms with Gasteiger partial charge in [-0.25, -0.2) is 0 Å². The number of carbonyl (C=O) groups is 1. The molecule has 2 rings (SSSR count). The number of nitrogens with one attached hydrogen (secondary N) is 2. The second-order valence-electron chi connectivity index (χ2n) is 6.18.